The largest absolute Gasteiger partial charge is 0.383 e. The summed E-state index contributed by atoms with van der Waals surface area (Å²) in [6.45, 7) is 5.78. The number of hydrogen-bond donors (Lipinski definition) is 2. The van der Waals surface area contributed by atoms with Crippen LogP contribution in [-0.4, -0.2) is 31.1 Å². The predicted octanol–water partition coefficient (Wildman–Crippen LogP) is 3.35. The first kappa shape index (κ1) is 20.4. The molecular weight excluding hydrogens is 344 g/mol. The molecule has 1 atom stereocenters. The van der Waals surface area contributed by atoms with Gasteiger partial charge in [-0.15, -0.1) is 0 Å². The Morgan fingerprint density at radius 3 is 2.56 bits per heavy atom. The number of nitro groups is 1. The van der Waals surface area contributed by atoms with Crippen molar-refractivity contribution >= 4 is 11.6 Å². The molecule has 0 fully saturated rings. The van der Waals surface area contributed by atoms with Crippen LogP contribution in [0.5, 0.6) is 0 Å². The molecule has 0 aliphatic heterocycles. The van der Waals surface area contributed by atoms with Crippen LogP contribution in [0.15, 0.2) is 53.5 Å². The molecule has 0 saturated carbocycles. The lowest BCUT2D eigenvalue weighted by atomic mass is 10.0. The van der Waals surface area contributed by atoms with Crippen molar-refractivity contribution < 1.29 is 9.66 Å². The number of aliphatic imine (C=N–C) groups is 1. The molecule has 2 rings (SSSR count). The van der Waals surface area contributed by atoms with Gasteiger partial charge in [0.1, 0.15) is 0 Å². The maximum atomic E-state index is 10.8. The van der Waals surface area contributed by atoms with Gasteiger partial charge in [-0.25, -0.2) is 4.99 Å². The van der Waals surface area contributed by atoms with Gasteiger partial charge in [-0.2, -0.15) is 0 Å². The molecule has 7 nitrogen and oxygen atoms in total. The number of rotatable bonds is 8. The fraction of sp³-hybridized carbons (Fsp3) is 0.350. The van der Waals surface area contributed by atoms with Crippen LogP contribution in [0.1, 0.15) is 29.7 Å². The summed E-state index contributed by atoms with van der Waals surface area (Å²) in [6, 6.07) is 14.7. The smallest absolute Gasteiger partial charge is 0.269 e. The number of nitrogens with zero attached hydrogens (tertiary/aromatic N) is 2. The maximum absolute atomic E-state index is 10.8. The Labute approximate surface area is 159 Å². The highest BCUT2D eigenvalue weighted by Gasteiger charge is 2.10. The summed E-state index contributed by atoms with van der Waals surface area (Å²) in [6.07, 6.45) is 0. The summed E-state index contributed by atoms with van der Waals surface area (Å²) in [5.74, 6) is 0.668. The van der Waals surface area contributed by atoms with Gasteiger partial charge >= 0.3 is 0 Å². The number of guanidine groups is 1. The lowest BCUT2D eigenvalue weighted by molar-refractivity contribution is -0.384. The number of benzene rings is 2. The molecule has 0 saturated heterocycles. The number of non-ortho nitro benzene ring substituents is 1. The van der Waals surface area contributed by atoms with Crippen LogP contribution < -0.4 is 10.6 Å². The quantitative estimate of drug-likeness (QED) is 0.245. The zero-order chi connectivity index (χ0) is 19.6. The van der Waals surface area contributed by atoms with E-state index < -0.39 is 4.92 Å². The summed E-state index contributed by atoms with van der Waals surface area (Å²) < 4.78 is 5.09. The van der Waals surface area contributed by atoms with Gasteiger partial charge in [0.15, 0.2) is 5.96 Å². The van der Waals surface area contributed by atoms with Crippen molar-refractivity contribution in [1.29, 1.82) is 0 Å². The molecule has 2 aromatic carbocycles. The van der Waals surface area contributed by atoms with Crippen molar-refractivity contribution in [2.45, 2.75) is 26.4 Å². The molecule has 1 unspecified atom stereocenters. The minimum absolute atomic E-state index is 0.0764. The average Bonchev–Trinajstić information content (AvgIpc) is 2.66. The number of aryl methyl sites for hydroxylation is 1. The van der Waals surface area contributed by atoms with Crippen LogP contribution in [0.25, 0.3) is 0 Å². The van der Waals surface area contributed by atoms with Gasteiger partial charge < -0.3 is 15.4 Å². The third-order valence-corrected chi connectivity index (χ3v) is 4.17. The van der Waals surface area contributed by atoms with E-state index in [0.29, 0.717) is 25.7 Å². The summed E-state index contributed by atoms with van der Waals surface area (Å²) >= 11 is 0. The molecule has 0 radical (unpaired) electrons. The van der Waals surface area contributed by atoms with Crippen molar-refractivity contribution in [2.24, 2.45) is 4.99 Å². The minimum atomic E-state index is -0.407. The fourth-order valence-corrected chi connectivity index (χ4v) is 2.67. The highest BCUT2D eigenvalue weighted by molar-refractivity contribution is 5.80. The Hall–Kier alpha value is -2.93. The maximum Gasteiger partial charge on any atom is 0.269 e. The molecule has 0 heterocycles. The number of ether oxygens (including phenoxy) is 1. The zero-order valence-corrected chi connectivity index (χ0v) is 15.9. The minimum Gasteiger partial charge on any atom is -0.383 e. The predicted molar refractivity (Wildman–Crippen MR) is 107 cm³/mol. The molecule has 0 amide bonds. The first-order chi connectivity index (χ1) is 13.0. The first-order valence-corrected chi connectivity index (χ1v) is 8.84. The van der Waals surface area contributed by atoms with Crippen LogP contribution in [0.4, 0.5) is 5.69 Å². The Bertz CT molecular complexity index is 775. The molecular formula is C20H26N4O3. The van der Waals surface area contributed by atoms with Crippen LogP contribution in [0.3, 0.4) is 0 Å². The molecule has 27 heavy (non-hydrogen) atoms. The molecule has 0 aliphatic carbocycles. The molecule has 7 heteroatoms. The van der Waals surface area contributed by atoms with E-state index in [2.05, 4.69) is 41.6 Å². The lowest BCUT2D eigenvalue weighted by Crippen LogP contribution is -2.40. The van der Waals surface area contributed by atoms with Gasteiger partial charge in [0.05, 0.1) is 24.1 Å². The van der Waals surface area contributed by atoms with E-state index in [1.807, 2.05) is 12.1 Å². The van der Waals surface area contributed by atoms with Crippen LogP contribution in [0, 0.1) is 17.0 Å². The van der Waals surface area contributed by atoms with Crippen LogP contribution in [0.2, 0.25) is 0 Å². The monoisotopic (exact) mass is 370 g/mol. The average molecular weight is 370 g/mol. The Balaban J connectivity index is 2.09. The van der Waals surface area contributed by atoms with Crippen molar-refractivity contribution in [3.63, 3.8) is 0 Å². The molecule has 2 aromatic rings. The standard InChI is InChI=1S/C20H26N4O3/c1-15-6-4-5-7-19(15)16(2)23-20(21-12-13-27-3)22-14-17-8-10-18(11-9-17)24(25)26/h4-11,16H,12-14H2,1-3H3,(H2,21,22,23). The SMILES string of the molecule is COCCNC(=NCc1ccc([N+](=O)[O-])cc1)NC(C)c1ccccc1C. The van der Waals surface area contributed by atoms with Crippen molar-refractivity contribution in [2.75, 3.05) is 20.3 Å². The van der Waals surface area contributed by atoms with Crippen molar-refractivity contribution in [3.05, 3.63) is 75.3 Å². The van der Waals surface area contributed by atoms with Gasteiger partial charge in [-0.1, -0.05) is 36.4 Å². The van der Waals surface area contributed by atoms with Gasteiger partial charge in [-0.3, -0.25) is 10.1 Å². The topological polar surface area (TPSA) is 88.8 Å². The number of nitro benzene ring substituents is 1. The van der Waals surface area contributed by atoms with Crippen molar-refractivity contribution in [1.82, 2.24) is 10.6 Å². The Kier molecular flexibility index (Phi) is 7.76. The summed E-state index contributed by atoms with van der Waals surface area (Å²) in [4.78, 5) is 15.0. The number of nitrogens with one attached hydrogen (secondary N) is 2. The summed E-state index contributed by atoms with van der Waals surface area (Å²) in [5.41, 5.74) is 3.39. The van der Waals surface area contributed by atoms with Crippen molar-refractivity contribution in [3.8, 4) is 0 Å². The van der Waals surface area contributed by atoms with E-state index in [4.69, 9.17) is 4.74 Å². The van der Waals surface area contributed by atoms with Gasteiger partial charge in [0, 0.05) is 25.8 Å². The number of methoxy groups -OCH3 is 1. The van der Waals surface area contributed by atoms with E-state index in [1.165, 1.54) is 23.3 Å². The Morgan fingerprint density at radius 1 is 1.22 bits per heavy atom. The van der Waals surface area contributed by atoms with Crippen LogP contribution >= 0.6 is 0 Å². The molecule has 144 valence electrons. The summed E-state index contributed by atoms with van der Waals surface area (Å²) in [5, 5.41) is 17.4. The number of hydrogen-bond acceptors (Lipinski definition) is 4. The lowest BCUT2D eigenvalue weighted by Gasteiger charge is -2.20. The van der Waals surface area contributed by atoms with Gasteiger partial charge in [0.25, 0.3) is 5.69 Å². The third kappa shape index (κ3) is 6.38. The second-order valence-corrected chi connectivity index (χ2v) is 6.23. The second kappa shape index (κ2) is 10.3. The van der Waals surface area contributed by atoms with E-state index in [-0.39, 0.29) is 11.7 Å². The molecule has 2 N–H and O–H groups in total. The van der Waals surface area contributed by atoms with Crippen LogP contribution in [-0.2, 0) is 11.3 Å². The second-order valence-electron chi connectivity index (χ2n) is 6.23. The first-order valence-electron chi connectivity index (χ1n) is 8.84. The van der Waals surface area contributed by atoms with Gasteiger partial charge in [0.2, 0.25) is 0 Å². The fourth-order valence-electron chi connectivity index (χ4n) is 2.67. The zero-order valence-electron chi connectivity index (χ0n) is 15.9. The third-order valence-electron chi connectivity index (χ3n) is 4.17. The molecule has 0 bridgehead atoms. The normalized spacial score (nSPS) is 12.5. The van der Waals surface area contributed by atoms with Gasteiger partial charge in [-0.05, 0) is 30.5 Å². The van der Waals surface area contributed by atoms with E-state index in [0.717, 1.165) is 5.56 Å². The highest BCUT2D eigenvalue weighted by atomic mass is 16.6. The van der Waals surface area contributed by atoms with E-state index >= 15 is 0 Å². The Morgan fingerprint density at radius 2 is 1.93 bits per heavy atom. The van der Waals surface area contributed by atoms with E-state index in [1.54, 1.807) is 19.2 Å². The molecule has 0 spiro atoms. The molecule has 0 aromatic heterocycles. The summed E-state index contributed by atoms with van der Waals surface area (Å²) in [7, 11) is 1.65. The highest BCUT2D eigenvalue weighted by Crippen LogP contribution is 2.17. The van der Waals surface area contributed by atoms with E-state index in [9.17, 15) is 10.1 Å². The molecule has 0 aliphatic rings.